The molecule has 22 heavy (non-hydrogen) atoms. The molecule has 0 amide bonds. The molecule has 2 heterocycles. The summed E-state index contributed by atoms with van der Waals surface area (Å²) in [5.41, 5.74) is 2.59. The molecule has 0 atom stereocenters. The molecule has 116 valence electrons. The minimum absolute atomic E-state index is 0.558. The van der Waals surface area contributed by atoms with Gasteiger partial charge in [-0.1, -0.05) is 45.7 Å². The minimum Gasteiger partial charge on any atom is -0.297 e. The van der Waals surface area contributed by atoms with E-state index in [1.165, 1.54) is 11.1 Å². The molecule has 0 N–H and O–H groups in total. The lowest BCUT2D eigenvalue weighted by Gasteiger charge is -2.34. The van der Waals surface area contributed by atoms with Crippen molar-refractivity contribution in [1.29, 1.82) is 0 Å². The van der Waals surface area contributed by atoms with Gasteiger partial charge >= 0.3 is 0 Å². The number of aromatic nitrogens is 1. The zero-order valence-electron chi connectivity index (χ0n) is 12.4. The largest absolute Gasteiger partial charge is 0.297 e. The van der Waals surface area contributed by atoms with Crippen molar-refractivity contribution in [3.63, 3.8) is 0 Å². The van der Waals surface area contributed by atoms with E-state index >= 15 is 0 Å². The van der Waals surface area contributed by atoms with Crippen LogP contribution in [0.2, 0.25) is 5.15 Å². The Morgan fingerprint density at radius 1 is 0.955 bits per heavy atom. The second-order valence-electron chi connectivity index (χ2n) is 5.67. The van der Waals surface area contributed by atoms with Gasteiger partial charge < -0.3 is 0 Å². The van der Waals surface area contributed by atoms with Crippen molar-refractivity contribution in [1.82, 2.24) is 14.8 Å². The Morgan fingerprint density at radius 2 is 1.64 bits per heavy atom. The standard InChI is InChI=1S/C17H19BrClN3/c18-16-3-1-2-14(10-16)12-21-6-8-22(9-7-21)13-15-4-5-17(19)20-11-15/h1-5,10-11H,6-9,12-13H2. The summed E-state index contributed by atoms with van der Waals surface area (Å²) in [5.74, 6) is 0. The second kappa shape index (κ2) is 7.55. The first-order valence-corrected chi connectivity index (χ1v) is 8.66. The van der Waals surface area contributed by atoms with Crippen LogP contribution < -0.4 is 0 Å². The number of hydrogen-bond acceptors (Lipinski definition) is 3. The van der Waals surface area contributed by atoms with Crippen molar-refractivity contribution in [2.24, 2.45) is 0 Å². The van der Waals surface area contributed by atoms with Gasteiger partial charge in [0.2, 0.25) is 0 Å². The molecule has 0 unspecified atom stereocenters. The van der Waals surface area contributed by atoms with E-state index < -0.39 is 0 Å². The van der Waals surface area contributed by atoms with Crippen molar-refractivity contribution < 1.29 is 0 Å². The van der Waals surface area contributed by atoms with Gasteiger partial charge in [-0.15, -0.1) is 0 Å². The third-order valence-electron chi connectivity index (χ3n) is 3.95. The molecular weight excluding hydrogens is 362 g/mol. The van der Waals surface area contributed by atoms with E-state index in [0.717, 1.165) is 43.7 Å². The van der Waals surface area contributed by atoms with Crippen LogP contribution in [0.1, 0.15) is 11.1 Å². The Morgan fingerprint density at radius 3 is 2.23 bits per heavy atom. The Hall–Kier alpha value is -0.940. The fourth-order valence-corrected chi connectivity index (χ4v) is 3.32. The van der Waals surface area contributed by atoms with E-state index in [9.17, 15) is 0 Å². The summed E-state index contributed by atoms with van der Waals surface area (Å²) in [6.45, 7) is 6.37. The maximum Gasteiger partial charge on any atom is 0.129 e. The average Bonchev–Trinajstić information content (AvgIpc) is 2.52. The molecule has 1 fully saturated rings. The molecule has 1 saturated heterocycles. The lowest BCUT2D eigenvalue weighted by molar-refractivity contribution is 0.122. The Kier molecular flexibility index (Phi) is 5.47. The van der Waals surface area contributed by atoms with Gasteiger partial charge in [-0.2, -0.15) is 0 Å². The van der Waals surface area contributed by atoms with Crippen LogP contribution in [0.15, 0.2) is 47.1 Å². The smallest absolute Gasteiger partial charge is 0.129 e. The number of rotatable bonds is 4. The lowest BCUT2D eigenvalue weighted by atomic mass is 10.2. The van der Waals surface area contributed by atoms with Gasteiger partial charge in [0, 0.05) is 49.9 Å². The summed E-state index contributed by atoms with van der Waals surface area (Å²) in [7, 11) is 0. The molecule has 1 aliphatic rings. The van der Waals surface area contributed by atoms with Crippen molar-refractivity contribution in [3.8, 4) is 0 Å². The van der Waals surface area contributed by atoms with Crippen LogP contribution in [0.3, 0.4) is 0 Å². The van der Waals surface area contributed by atoms with Gasteiger partial charge in [0.25, 0.3) is 0 Å². The van der Waals surface area contributed by atoms with Crippen LogP contribution in [0, 0.1) is 0 Å². The van der Waals surface area contributed by atoms with E-state index in [1.54, 1.807) is 0 Å². The SMILES string of the molecule is Clc1ccc(CN2CCN(Cc3cccc(Br)c3)CC2)cn1. The monoisotopic (exact) mass is 379 g/mol. The fraction of sp³-hybridized carbons (Fsp3) is 0.353. The zero-order valence-corrected chi connectivity index (χ0v) is 14.7. The van der Waals surface area contributed by atoms with Crippen LogP contribution in [0.5, 0.6) is 0 Å². The molecule has 0 radical (unpaired) electrons. The Balaban J connectivity index is 1.49. The number of piperazine rings is 1. The molecule has 1 aromatic heterocycles. The highest BCUT2D eigenvalue weighted by atomic mass is 79.9. The first-order chi connectivity index (χ1) is 10.7. The normalized spacial score (nSPS) is 16.8. The van der Waals surface area contributed by atoms with Crippen molar-refractivity contribution in [3.05, 3.63) is 63.3 Å². The molecule has 3 nitrogen and oxygen atoms in total. The van der Waals surface area contributed by atoms with Gasteiger partial charge in [0.15, 0.2) is 0 Å². The maximum atomic E-state index is 5.83. The van der Waals surface area contributed by atoms with Gasteiger partial charge in [0.05, 0.1) is 0 Å². The predicted molar refractivity (Wildman–Crippen MR) is 93.9 cm³/mol. The molecular formula is C17H19BrClN3. The van der Waals surface area contributed by atoms with Crippen LogP contribution in [0.25, 0.3) is 0 Å². The highest BCUT2D eigenvalue weighted by Gasteiger charge is 2.17. The fourth-order valence-electron chi connectivity index (χ4n) is 2.76. The van der Waals surface area contributed by atoms with Crippen LogP contribution in [-0.4, -0.2) is 41.0 Å². The summed E-state index contributed by atoms with van der Waals surface area (Å²) in [4.78, 5) is 9.13. The summed E-state index contributed by atoms with van der Waals surface area (Å²) in [5, 5.41) is 0.558. The molecule has 0 saturated carbocycles. The number of benzene rings is 1. The average molecular weight is 381 g/mol. The number of pyridine rings is 1. The van der Waals surface area contributed by atoms with Crippen molar-refractivity contribution >= 4 is 27.5 Å². The molecule has 5 heteroatoms. The lowest BCUT2D eigenvalue weighted by Crippen LogP contribution is -2.45. The van der Waals surface area contributed by atoms with E-state index in [2.05, 4.69) is 61.0 Å². The first kappa shape index (κ1) is 15.9. The Labute approximate surface area is 145 Å². The second-order valence-corrected chi connectivity index (χ2v) is 6.97. The predicted octanol–water partition coefficient (Wildman–Crippen LogP) is 3.82. The summed E-state index contributed by atoms with van der Waals surface area (Å²) < 4.78 is 1.15. The summed E-state index contributed by atoms with van der Waals surface area (Å²) >= 11 is 9.36. The molecule has 0 bridgehead atoms. The molecule has 0 spiro atoms. The first-order valence-electron chi connectivity index (χ1n) is 7.48. The Bertz CT molecular complexity index is 610. The number of halogens is 2. The van der Waals surface area contributed by atoms with Gasteiger partial charge in [-0.05, 0) is 29.3 Å². The highest BCUT2D eigenvalue weighted by Crippen LogP contribution is 2.15. The topological polar surface area (TPSA) is 19.4 Å². The van der Waals surface area contributed by atoms with Crippen LogP contribution >= 0.6 is 27.5 Å². The molecule has 3 rings (SSSR count). The van der Waals surface area contributed by atoms with Crippen LogP contribution in [0.4, 0.5) is 0 Å². The van der Waals surface area contributed by atoms with E-state index in [4.69, 9.17) is 11.6 Å². The van der Waals surface area contributed by atoms with E-state index in [0.29, 0.717) is 5.15 Å². The minimum atomic E-state index is 0.558. The summed E-state index contributed by atoms with van der Waals surface area (Å²) in [6.07, 6.45) is 1.87. The molecule has 1 aromatic carbocycles. The number of nitrogens with zero attached hydrogens (tertiary/aromatic N) is 3. The molecule has 0 aliphatic carbocycles. The van der Waals surface area contributed by atoms with Gasteiger partial charge in [0.1, 0.15) is 5.15 Å². The van der Waals surface area contributed by atoms with E-state index in [-0.39, 0.29) is 0 Å². The third kappa shape index (κ3) is 4.53. The van der Waals surface area contributed by atoms with Crippen LogP contribution in [-0.2, 0) is 13.1 Å². The van der Waals surface area contributed by atoms with E-state index in [1.807, 2.05) is 12.3 Å². The highest BCUT2D eigenvalue weighted by molar-refractivity contribution is 9.10. The maximum absolute atomic E-state index is 5.83. The van der Waals surface area contributed by atoms with Crippen molar-refractivity contribution in [2.75, 3.05) is 26.2 Å². The quantitative estimate of drug-likeness (QED) is 0.752. The zero-order chi connectivity index (χ0) is 15.4. The molecule has 2 aromatic rings. The van der Waals surface area contributed by atoms with Gasteiger partial charge in [-0.3, -0.25) is 9.80 Å². The van der Waals surface area contributed by atoms with Gasteiger partial charge in [-0.25, -0.2) is 4.98 Å². The third-order valence-corrected chi connectivity index (χ3v) is 4.67. The number of hydrogen-bond donors (Lipinski definition) is 0. The summed E-state index contributed by atoms with van der Waals surface area (Å²) in [6, 6.07) is 12.5. The molecule has 1 aliphatic heterocycles. The van der Waals surface area contributed by atoms with Crippen molar-refractivity contribution in [2.45, 2.75) is 13.1 Å².